The summed E-state index contributed by atoms with van der Waals surface area (Å²) >= 11 is 0. The van der Waals surface area contributed by atoms with E-state index in [2.05, 4.69) is 45.3 Å². The van der Waals surface area contributed by atoms with Crippen LogP contribution in [0.15, 0.2) is 24.3 Å². The third kappa shape index (κ3) is 5.33. The van der Waals surface area contributed by atoms with Crippen LogP contribution in [0.4, 0.5) is 5.69 Å². The normalized spacial score (nSPS) is 13.1. The molecule has 0 saturated carbocycles. The van der Waals surface area contributed by atoms with Gasteiger partial charge in [-0.05, 0) is 29.5 Å². The lowest BCUT2D eigenvalue weighted by Crippen LogP contribution is -2.24. The molecule has 0 spiro atoms. The Bertz CT molecular complexity index is 435. The van der Waals surface area contributed by atoms with E-state index in [1.165, 1.54) is 0 Å². The highest BCUT2D eigenvalue weighted by atomic mass is 16.1. The molecule has 0 aliphatic rings. The molecule has 0 heterocycles. The Kier molecular flexibility index (Phi) is 6.21. The Balaban J connectivity index is 2.66. The lowest BCUT2D eigenvalue weighted by atomic mass is 9.80. The van der Waals surface area contributed by atoms with Crippen molar-refractivity contribution in [2.75, 3.05) is 11.9 Å². The number of amides is 1. The Labute approximate surface area is 123 Å². The summed E-state index contributed by atoms with van der Waals surface area (Å²) in [5.74, 6) is 0.444. The van der Waals surface area contributed by atoms with Gasteiger partial charge < -0.3 is 10.6 Å². The molecule has 0 fully saturated rings. The number of rotatable bonds is 6. The lowest BCUT2D eigenvalue weighted by Gasteiger charge is -2.26. The number of anilines is 1. The molecular formula is C17H28N2O. The van der Waals surface area contributed by atoms with Gasteiger partial charge in [-0.25, -0.2) is 0 Å². The summed E-state index contributed by atoms with van der Waals surface area (Å²) in [6.45, 7) is 12.4. The first-order valence-electron chi connectivity index (χ1n) is 7.43. The average Bonchev–Trinajstić information content (AvgIpc) is 2.36. The van der Waals surface area contributed by atoms with Crippen LogP contribution < -0.4 is 10.6 Å². The van der Waals surface area contributed by atoms with Crippen LogP contribution in [0.25, 0.3) is 0 Å². The van der Waals surface area contributed by atoms with Gasteiger partial charge in [0.25, 0.3) is 0 Å². The van der Waals surface area contributed by atoms with Crippen molar-refractivity contribution >= 4 is 11.6 Å². The monoisotopic (exact) mass is 276 g/mol. The second-order valence-corrected chi connectivity index (χ2v) is 6.46. The maximum absolute atomic E-state index is 12.2. The zero-order valence-corrected chi connectivity index (χ0v) is 13.4. The Morgan fingerprint density at radius 3 is 2.50 bits per heavy atom. The summed E-state index contributed by atoms with van der Waals surface area (Å²) < 4.78 is 0. The zero-order chi connectivity index (χ0) is 15.2. The molecule has 0 aliphatic heterocycles. The van der Waals surface area contributed by atoms with Gasteiger partial charge in [0.1, 0.15) is 0 Å². The lowest BCUT2D eigenvalue weighted by molar-refractivity contribution is -0.117. The van der Waals surface area contributed by atoms with Gasteiger partial charge >= 0.3 is 0 Å². The van der Waals surface area contributed by atoms with Gasteiger partial charge in [-0.3, -0.25) is 4.79 Å². The summed E-state index contributed by atoms with van der Waals surface area (Å²) in [7, 11) is 0. The summed E-state index contributed by atoms with van der Waals surface area (Å²) in [6, 6.07) is 7.97. The number of nitrogens with one attached hydrogen (secondary N) is 2. The molecule has 20 heavy (non-hydrogen) atoms. The van der Waals surface area contributed by atoms with Gasteiger partial charge in [-0.2, -0.15) is 0 Å². The van der Waals surface area contributed by atoms with Gasteiger partial charge in [0.15, 0.2) is 0 Å². The van der Waals surface area contributed by atoms with Crippen LogP contribution in [0.3, 0.4) is 0 Å². The SMILES string of the molecule is CCNCc1ccccc1NC(=O)CC(C)C(C)(C)C. The van der Waals surface area contributed by atoms with E-state index in [0.717, 1.165) is 24.3 Å². The van der Waals surface area contributed by atoms with Crippen molar-refractivity contribution in [3.05, 3.63) is 29.8 Å². The molecule has 0 saturated heterocycles. The van der Waals surface area contributed by atoms with E-state index in [0.29, 0.717) is 12.3 Å². The van der Waals surface area contributed by atoms with E-state index >= 15 is 0 Å². The average molecular weight is 276 g/mol. The van der Waals surface area contributed by atoms with Crippen molar-refractivity contribution in [3.63, 3.8) is 0 Å². The van der Waals surface area contributed by atoms with Crippen molar-refractivity contribution in [2.24, 2.45) is 11.3 Å². The quantitative estimate of drug-likeness (QED) is 0.829. The molecule has 3 heteroatoms. The molecule has 0 bridgehead atoms. The number of carbonyl (C=O) groups is 1. The third-order valence-electron chi connectivity index (χ3n) is 3.83. The molecule has 112 valence electrons. The fourth-order valence-corrected chi connectivity index (χ4v) is 1.84. The number of carbonyl (C=O) groups excluding carboxylic acids is 1. The number of para-hydroxylation sites is 1. The molecule has 1 unspecified atom stereocenters. The van der Waals surface area contributed by atoms with Crippen LogP contribution >= 0.6 is 0 Å². The minimum atomic E-state index is 0.0939. The van der Waals surface area contributed by atoms with Gasteiger partial charge in [0, 0.05) is 18.7 Å². The van der Waals surface area contributed by atoms with Crippen molar-refractivity contribution < 1.29 is 4.79 Å². The van der Waals surface area contributed by atoms with Crippen molar-refractivity contribution in [3.8, 4) is 0 Å². The maximum atomic E-state index is 12.2. The summed E-state index contributed by atoms with van der Waals surface area (Å²) in [4.78, 5) is 12.2. The Morgan fingerprint density at radius 1 is 1.25 bits per heavy atom. The summed E-state index contributed by atoms with van der Waals surface area (Å²) in [5.41, 5.74) is 2.20. The highest BCUT2D eigenvalue weighted by molar-refractivity contribution is 5.91. The van der Waals surface area contributed by atoms with Crippen LogP contribution in [-0.2, 0) is 11.3 Å². The second kappa shape index (κ2) is 7.44. The molecular weight excluding hydrogens is 248 g/mol. The van der Waals surface area contributed by atoms with Crippen LogP contribution in [0.1, 0.15) is 46.6 Å². The molecule has 1 rings (SSSR count). The molecule has 3 nitrogen and oxygen atoms in total. The molecule has 1 aromatic rings. The zero-order valence-electron chi connectivity index (χ0n) is 13.4. The number of hydrogen-bond donors (Lipinski definition) is 2. The standard InChI is InChI=1S/C17H28N2O/c1-6-18-12-14-9-7-8-10-15(14)19-16(20)11-13(2)17(3,4)5/h7-10,13,18H,6,11-12H2,1-5H3,(H,19,20). The number of hydrogen-bond acceptors (Lipinski definition) is 2. The Hall–Kier alpha value is -1.35. The molecule has 0 aliphatic carbocycles. The summed E-state index contributed by atoms with van der Waals surface area (Å²) in [6.07, 6.45) is 0.555. The molecule has 1 atom stereocenters. The van der Waals surface area contributed by atoms with Gasteiger partial charge in [0.05, 0.1) is 0 Å². The summed E-state index contributed by atoms with van der Waals surface area (Å²) in [5, 5.41) is 6.34. The van der Waals surface area contributed by atoms with Crippen LogP contribution in [0.5, 0.6) is 0 Å². The highest BCUT2D eigenvalue weighted by Gasteiger charge is 2.22. The van der Waals surface area contributed by atoms with E-state index in [9.17, 15) is 4.79 Å². The van der Waals surface area contributed by atoms with Crippen LogP contribution in [0.2, 0.25) is 0 Å². The smallest absolute Gasteiger partial charge is 0.224 e. The molecule has 2 N–H and O–H groups in total. The minimum Gasteiger partial charge on any atom is -0.326 e. The molecule has 0 aromatic heterocycles. The predicted molar refractivity (Wildman–Crippen MR) is 85.7 cm³/mol. The van der Waals surface area contributed by atoms with Crippen molar-refractivity contribution in [1.82, 2.24) is 5.32 Å². The van der Waals surface area contributed by atoms with E-state index in [1.54, 1.807) is 0 Å². The fraction of sp³-hybridized carbons (Fsp3) is 0.588. The molecule has 1 amide bonds. The van der Waals surface area contributed by atoms with Crippen LogP contribution in [0, 0.1) is 11.3 Å². The largest absolute Gasteiger partial charge is 0.326 e. The van der Waals surface area contributed by atoms with Gasteiger partial charge in [-0.15, -0.1) is 0 Å². The van der Waals surface area contributed by atoms with Crippen molar-refractivity contribution in [2.45, 2.75) is 47.6 Å². The second-order valence-electron chi connectivity index (χ2n) is 6.46. The third-order valence-corrected chi connectivity index (χ3v) is 3.83. The van der Waals surface area contributed by atoms with Crippen LogP contribution in [-0.4, -0.2) is 12.5 Å². The Morgan fingerprint density at radius 2 is 1.90 bits per heavy atom. The predicted octanol–water partition coefficient (Wildman–Crippen LogP) is 3.81. The molecule has 0 radical (unpaired) electrons. The maximum Gasteiger partial charge on any atom is 0.224 e. The molecule has 1 aromatic carbocycles. The topological polar surface area (TPSA) is 41.1 Å². The van der Waals surface area contributed by atoms with Crippen molar-refractivity contribution in [1.29, 1.82) is 0 Å². The van der Waals surface area contributed by atoms with E-state index < -0.39 is 0 Å². The van der Waals surface area contributed by atoms with E-state index in [1.807, 2.05) is 24.3 Å². The van der Waals surface area contributed by atoms with Gasteiger partial charge in [0.2, 0.25) is 5.91 Å². The number of benzene rings is 1. The van der Waals surface area contributed by atoms with E-state index in [-0.39, 0.29) is 11.3 Å². The first-order valence-corrected chi connectivity index (χ1v) is 7.43. The first kappa shape index (κ1) is 16.7. The minimum absolute atomic E-state index is 0.0939. The highest BCUT2D eigenvalue weighted by Crippen LogP contribution is 2.28. The first-order chi connectivity index (χ1) is 9.34. The fourth-order valence-electron chi connectivity index (χ4n) is 1.84. The van der Waals surface area contributed by atoms with E-state index in [4.69, 9.17) is 0 Å². The van der Waals surface area contributed by atoms with Gasteiger partial charge in [-0.1, -0.05) is 52.8 Å².